The van der Waals surface area contributed by atoms with E-state index in [9.17, 15) is 9.90 Å². The van der Waals surface area contributed by atoms with Gasteiger partial charge in [0.1, 0.15) is 0 Å². The van der Waals surface area contributed by atoms with Crippen LogP contribution >= 0.6 is 11.8 Å². The Hall–Kier alpha value is -0.220. The molecule has 0 spiro atoms. The molecule has 1 atom stereocenters. The van der Waals surface area contributed by atoms with E-state index in [-0.39, 0.29) is 11.8 Å². The highest BCUT2D eigenvalue weighted by molar-refractivity contribution is 7.98. The van der Waals surface area contributed by atoms with Crippen LogP contribution in [0.15, 0.2) is 0 Å². The predicted molar refractivity (Wildman–Crippen MR) is 68.6 cm³/mol. The largest absolute Gasteiger partial charge is 0.388 e. The molecular weight excluding hydrogens is 222 g/mol. The molecule has 0 saturated heterocycles. The average molecular weight is 245 g/mol. The highest BCUT2D eigenvalue weighted by Gasteiger charge is 2.29. The first-order valence-electron chi connectivity index (χ1n) is 6.06. The second-order valence-corrected chi connectivity index (χ2v) is 5.77. The molecule has 1 amide bonds. The Balaban J connectivity index is 2.29. The van der Waals surface area contributed by atoms with Crippen LogP contribution in [0.1, 0.15) is 39.0 Å². The summed E-state index contributed by atoms with van der Waals surface area (Å²) in [5.41, 5.74) is -0.646. The van der Waals surface area contributed by atoms with E-state index in [4.69, 9.17) is 0 Å². The molecule has 0 unspecified atom stereocenters. The fourth-order valence-corrected chi connectivity index (χ4v) is 2.79. The van der Waals surface area contributed by atoms with E-state index in [2.05, 4.69) is 5.32 Å². The van der Waals surface area contributed by atoms with E-state index in [0.29, 0.717) is 6.54 Å². The molecule has 3 nitrogen and oxygen atoms in total. The second-order valence-electron chi connectivity index (χ2n) is 4.86. The molecule has 4 heteroatoms. The van der Waals surface area contributed by atoms with Gasteiger partial charge in [0.15, 0.2) is 0 Å². The summed E-state index contributed by atoms with van der Waals surface area (Å²) in [4.78, 5) is 11.7. The molecule has 0 aromatic heterocycles. The summed E-state index contributed by atoms with van der Waals surface area (Å²) in [7, 11) is 0. The van der Waals surface area contributed by atoms with Crippen molar-refractivity contribution in [1.82, 2.24) is 5.32 Å². The molecule has 0 heterocycles. The van der Waals surface area contributed by atoms with Crippen molar-refractivity contribution in [1.29, 1.82) is 0 Å². The van der Waals surface area contributed by atoms with Gasteiger partial charge in [-0.05, 0) is 19.1 Å². The number of aliphatic hydroxyl groups is 1. The maximum Gasteiger partial charge on any atom is 0.223 e. The zero-order valence-corrected chi connectivity index (χ0v) is 11.1. The molecular formula is C12H23NO2S. The maximum absolute atomic E-state index is 11.7. The predicted octanol–water partition coefficient (Wildman–Crippen LogP) is 1.80. The Morgan fingerprint density at radius 3 is 2.62 bits per heavy atom. The zero-order valence-electron chi connectivity index (χ0n) is 10.3. The van der Waals surface area contributed by atoms with Crippen molar-refractivity contribution >= 4 is 17.7 Å². The zero-order chi connectivity index (χ0) is 12.0. The van der Waals surface area contributed by atoms with Crippen LogP contribution < -0.4 is 5.32 Å². The van der Waals surface area contributed by atoms with Gasteiger partial charge in [-0.2, -0.15) is 11.8 Å². The fraction of sp³-hybridized carbons (Fsp3) is 0.917. The van der Waals surface area contributed by atoms with Crippen LogP contribution in [-0.2, 0) is 4.79 Å². The van der Waals surface area contributed by atoms with Crippen LogP contribution in [0, 0.1) is 5.92 Å². The molecule has 0 bridgehead atoms. The summed E-state index contributed by atoms with van der Waals surface area (Å²) in [6, 6.07) is 0. The number of carbonyl (C=O) groups is 1. The van der Waals surface area contributed by atoms with Gasteiger partial charge in [-0.3, -0.25) is 4.79 Å². The number of hydrogen-bond acceptors (Lipinski definition) is 3. The summed E-state index contributed by atoms with van der Waals surface area (Å²) < 4.78 is 0. The van der Waals surface area contributed by atoms with Crippen LogP contribution in [0.25, 0.3) is 0 Å². The van der Waals surface area contributed by atoms with Crippen molar-refractivity contribution in [2.45, 2.75) is 44.6 Å². The number of amides is 1. The molecule has 0 aromatic rings. The molecule has 1 aliphatic carbocycles. The molecule has 0 radical (unpaired) electrons. The fourth-order valence-electron chi connectivity index (χ4n) is 2.14. The monoisotopic (exact) mass is 245 g/mol. The topological polar surface area (TPSA) is 49.3 Å². The van der Waals surface area contributed by atoms with Gasteiger partial charge < -0.3 is 10.4 Å². The normalized spacial score (nSPS) is 21.4. The molecule has 1 saturated carbocycles. The second kappa shape index (κ2) is 6.50. The molecule has 94 valence electrons. The lowest BCUT2D eigenvalue weighted by atomic mass is 9.85. The number of hydrogen-bond donors (Lipinski definition) is 2. The Labute approximate surface area is 102 Å². The van der Waals surface area contributed by atoms with Gasteiger partial charge in [0.2, 0.25) is 5.91 Å². The van der Waals surface area contributed by atoms with Gasteiger partial charge >= 0.3 is 0 Å². The number of thioether (sulfide) groups is 1. The van der Waals surface area contributed by atoms with E-state index in [1.165, 1.54) is 6.42 Å². The van der Waals surface area contributed by atoms with Gasteiger partial charge in [-0.15, -0.1) is 0 Å². The van der Waals surface area contributed by atoms with Gasteiger partial charge in [0, 0.05) is 18.2 Å². The third-order valence-corrected chi connectivity index (χ3v) is 4.07. The molecule has 1 fully saturated rings. The molecule has 1 rings (SSSR count). The minimum atomic E-state index is -0.646. The minimum absolute atomic E-state index is 0.0298. The van der Waals surface area contributed by atoms with Crippen molar-refractivity contribution in [3.63, 3.8) is 0 Å². The minimum Gasteiger partial charge on any atom is -0.388 e. The lowest BCUT2D eigenvalue weighted by Crippen LogP contribution is -2.45. The van der Waals surface area contributed by atoms with Crippen molar-refractivity contribution < 1.29 is 9.90 Å². The standard InChI is InChI=1S/C12H23NO2S/c1-10(8-16-2)11(14)13-9-12(15)6-4-3-5-7-12/h10,15H,3-9H2,1-2H3,(H,13,14)/t10-/m0/s1. The van der Waals surface area contributed by atoms with Crippen LogP contribution in [0.4, 0.5) is 0 Å². The van der Waals surface area contributed by atoms with Crippen LogP contribution in [0.2, 0.25) is 0 Å². The van der Waals surface area contributed by atoms with E-state index < -0.39 is 5.60 Å². The summed E-state index contributed by atoms with van der Waals surface area (Å²) >= 11 is 1.68. The maximum atomic E-state index is 11.7. The molecule has 16 heavy (non-hydrogen) atoms. The molecule has 1 aliphatic rings. The average Bonchev–Trinajstić information content (AvgIpc) is 2.27. The Bertz CT molecular complexity index is 227. The Morgan fingerprint density at radius 2 is 2.06 bits per heavy atom. The Kier molecular flexibility index (Phi) is 5.62. The van der Waals surface area contributed by atoms with Crippen molar-refractivity contribution in [2.24, 2.45) is 5.92 Å². The van der Waals surface area contributed by atoms with Gasteiger partial charge in [0.05, 0.1) is 5.60 Å². The summed E-state index contributed by atoms with van der Waals surface area (Å²) in [5.74, 6) is 0.931. The van der Waals surface area contributed by atoms with E-state index in [0.717, 1.165) is 31.4 Å². The SMILES string of the molecule is CSC[C@H](C)C(=O)NCC1(O)CCCCC1. The smallest absolute Gasteiger partial charge is 0.223 e. The summed E-state index contributed by atoms with van der Waals surface area (Å²) in [5, 5.41) is 13.1. The van der Waals surface area contributed by atoms with E-state index in [1.807, 2.05) is 13.2 Å². The molecule has 0 aromatic carbocycles. The lowest BCUT2D eigenvalue weighted by Gasteiger charge is -2.32. The van der Waals surface area contributed by atoms with Gasteiger partial charge in [-0.1, -0.05) is 26.2 Å². The molecule has 2 N–H and O–H groups in total. The quantitative estimate of drug-likeness (QED) is 0.776. The third kappa shape index (κ3) is 4.34. The molecule has 0 aliphatic heterocycles. The Morgan fingerprint density at radius 1 is 1.44 bits per heavy atom. The summed E-state index contributed by atoms with van der Waals surface area (Å²) in [6.07, 6.45) is 7.01. The van der Waals surface area contributed by atoms with Gasteiger partial charge in [-0.25, -0.2) is 0 Å². The first kappa shape index (κ1) is 13.8. The lowest BCUT2D eigenvalue weighted by molar-refractivity contribution is -0.125. The third-order valence-electron chi connectivity index (χ3n) is 3.24. The number of carbonyl (C=O) groups excluding carboxylic acids is 1. The summed E-state index contributed by atoms with van der Waals surface area (Å²) in [6.45, 7) is 2.35. The number of rotatable bonds is 5. The van der Waals surface area contributed by atoms with Crippen molar-refractivity contribution in [3.8, 4) is 0 Å². The first-order valence-corrected chi connectivity index (χ1v) is 7.46. The first-order chi connectivity index (χ1) is 7.57. The van der Waals surface area contributed by atoms with Crippen LogP contribution in [-0.4, -0.2) is 35.2 Å². The van der Waals surface area contributed by atoms with Crippen molar-refractivity contribution in [2.75, 3.05) is 18.6 Å². The van der Waals surface area contributed by atoms with E-state index >= 15 is 0 Å². The van der Waals surface area contributed by atoms with E-state index in [1.54, 1.807) is 11.8 Å². The number of nitrogens with one attached hydrogen (secondary N) is 1. The van der Waals surface area contributed by atoms with Crippen LogP contribution in [0.5, 0.6) is 0 Å². The van der Waals surface area contributed by atoms with Crippen LogP contribution in [0.3, 0.4) is 0 Å². The highest BCUT2D eigenvalue weighted by Crippen LogP contribution is 2.27. The van der Waals surface area contributed by atoms with Crippen molar-refractivity contribution in [3.05, 3.63) is 0 Å². The highest BCUT2D eigenvalue weighted by atomic mass is 32.2. The van der Waals surface area contributed by atoms with Gasteiger partial charge in [0.25, 0.3) is 0 Å².